The van der Waals surface area contributed by atoms with E-state index in [0.717, 1.165) is 24.2 Å². The molecule has 0 bridgehead atoms. The zero-order valence-corrected chi connectivity index (χ0v) is 12.9. The van der Waals surface area contributed by atoms with E-state index in [0.29, 0.717) is 17.7 Å². The molecule has 2 N–H and O–H groups in total. The lowest BCUT2D eigenvalue weighted by molar-refractivity contribution is 0.396. The Morgan fingerprint density at radius 2 is 2.14 bits per heavy atom. The van der Waals surface area contributed by atoms with E-state index >= 15 is 0 Å². The highest BCUT2D eigenvalue weighted by atomic mass is 16.3. The summed E-state index contributed by atoms with van der Waals surface area (Å²) in [6, 6.07) is 8.28. The van der Waals surface area contributed by atoms with Gasteiger partial charge in [-0.3, -0.25) is 0 Å². The summed E-state index contributed by atoms with van der Waals surface area (Å²) >= 11 is 0. The number of aromatic hydroxyl groups is 1. The second-order valence-electron chi connectivity index (χ2n) is 6.27. The van der Waals surface area contributed by atoms with Crippen molar-refractivity contribution in [3.05, 3.63) is 53.0 Å². The summed E-state index contributed by atoms with van der Waals surface area (Å²) in [5.41, 5.74) is 3.68. The number of phenolic OH excluding ortho intramolecular Hbond substituents is 1. The lowest BCUT2D eigenvalue weighted by atomic mass is 9.97. The molecule has 1 aliphatic carbocycles. The molecule has 0 saturated heterocycles. The Hall–Kier alpha value is -1.74. The molecular weight excluding hydrogens is 262 g/mol. The van der Waals surface area contributed by atoms with Crippen LogP contribution in [0.4, 0.5) is 0 Å². The fourth-order valence-corrected chi connectivity index (χ4v) is 3.63. The van der Waals surface area contributed by atoms with E-state index in [1.165, 1.54) is 11.1 Å². The van der Waals surface area contributed by atoms with Gasteiger partial charge >= 0.3 is 0 Å². The predicted octanol–water partition coefficient (Wildman–Crippen LogP) is 4.06. The van der Waals surface area contributed by atoms with Gasteiger partial charge in [-0.25, -0.2) is 0 Å². The maximum absolute atomic E-state index is 10.3. The van der Waals surface area contributed by atoms with Crippen molar-refractivity contribution < 1.29 is 9.52 Å². The van der Waals surface area contributed by atoms with Crippen LogP contribution >= 0.6 is 0 Å². The minimum absolute atomic E-state index is 0.222. The number of fused-ring (bicyclic) bond motifs is 1. The first-order valence-corrected chi connectivity index (χ1v) is 7.67. The molecule has 21 heavy (non-hydrogen) atoms. The summed E-state index contributed by atoms with van der Waals surface area (Å²) in [7, 11) is 0. The van der Waals surface area contributed by atoms with E-state index in [2.05, 4.69) is 26.1 Å². The number of nitrogens with one attached hydrogen (secondary N) is 1. The first-order chi connectivity index (χ1) is 10.1. The molecule has 0 fully saturated rings. The molecule has 0 spiro atoms. The van der Waals surface area contributed by atoms with Gasteiger partial charge in [-0.1, -0.05) is 13.0 Å². The highest BCUT2D eigenvalue weighted by molar-refractivity contribution is 5.50. The molecule has 2 aromatic rings. The summed E-state index contributed by atoms with van der Waals surface area (Å²) in [6.07, 6.45) is 3.61. The van der Waals surface area contributed by atoms with Crippen molar-refractivity contribution in [2.24, 2.45) is 0 Å². The molecule has 1 aromatic heterocycles. The second-order valence-corrected chi connectivity index (χ2v) is 6.27. The van der Waals surface area contributed by atoms with E-state index in [1.807, 2.05) is 24.3 Å². The Morgan fingerprint density at radius 1 is 1.33 bits per heavy atom. The minimum atomic E-state index is 0.222. The molecular formula is C18H23NO2. The highest BCUT2D eigenvalue weighted by Gasteiger charge is 2.32. The van der Waals surface area contributed by atoms with E-state index in [9.17, 15) is 5.11 Å². The first kappa shape index (κ1) is 14.2. The SMILES string of the molecule is Cc1ccc(O)c2c1C(C)CC2NC(C)Cc1ccco1. The number of furan rings is 1. The second kappa shape index (κ2) is 5.57. The number of aryl methyl sites for hydroxylation is 1. The van der Waals surface area contributed by atoms with Gasteiger partial charge in [-0.15, -0.1) is 0 Å². The first-order valence-electron chi connectivity index (χ1n) is 7.67. The van der Waals surface area contributed by atoms with Crippen molar-refractivity contribution >= 4 is 0 Å². The Kier molecular flexibility index (Phi) is 3.77. The highest BCUT2D eigenvalue weighted by Crippen LogP contribution is 2.46. The zero-order valence-electron chi connectivity index (χ0n) is 12.9. The van der Waals surface area contributed by atoms with Crippen LogP contribution < -0.4 is 5.32 Å². The topological polar surface area (TPSA) is 45.4 Å². The number of benzene rings is 1. The van der Waals surface area contributed by atoms with Crippen molar-refractivity contribution in [1.82, 2.24) is 5.32 Å². The molecule has 3 nitrogen and oxygen atoms in total. The lowest BCUT2D eigenvalue weighted by Crippen LogP contribution is -2.31. The van der Waals surface area contributed by atoms with Gasteiger partial charge in [0.2, 0.25) is 0 Å². The van der Waals surface area contributed by atoms with Gasteiger partial charge < -0.3 is 14.8 Å². The van der Waals surface area contributed by atoms with Crippen molar-refractivity contribution in [2.75, 3.05) is 0 Å². The zero-order chi connectivity index (χ0) is 15.0. The number of hydrogen-bond donors (Lipinski definition) is 2. The molecule has 3 unspecified atom stereocenters. The van der Waals surface area contributed by atoms with Crippen LogP contribution in [0.15, 0.2) is 34.9 Å². The third kappa shape index (κ3) is 2.70. The summed E-state index contributed by atoms with van der Waals surface area (Å²) in [6.45, 7) is 6.53. The third-order valence-corrected chi connectivity index (χ3v) is 4.49. The van der Waals surface area contributed by atoms with Gasteiger partial charge in [0.15, 0.2) is 0 Å². The number of rotatable bonds is 4. The van der Waals surface area contributed by atoms with Crippen LogP contribution in [-0.2, 0) is 6.42 Å². The maximum atomic E-state index is 10.3. The van der Waals surface area contributed by atoms with Crippen LogP contribution in [-0.4, -0.2) is 11.1 Å². The van der Waals surface area contributed by atoms with Gasteiger partial charge in [0.05, 0.1) is 6.26 Å². The molecule has 112 valence electrons. The van der Waals surface area contributed by atoms with Crippen molar-refractivity contribution in [3.8, 4) is 5.75 Å². The van der Waals surface area contributed by atoms with E-state index in [1.54, 1.807) is 6.26 Å². The average Bonchev–Trinajstić information content (AvgIpc) is 3.03. The molecule has 0 radical (unpaired) electrons. The number of hydrogen-bond acceptors (Lipinski definition) is 3. The van der Waals surface area contributed by atoms with E-state index < -0.39 is 0 Å². The molecule has 3 atom stereocenters. The van der Waals surface area contributed by atoms with Crippen LogP contribution in [0, 0.1) is 6.92 Å². The Morgan fingerprint density at radius 3 is 2.86 bits per heavy atom. The van der Waals surface area contributed by atoms with Crippen LogP contribution in [0.2, 0.25) is 0 Å². The summed E-state index contributed by atoms with van der Waals surface area (Å²) in [5, 5.41) is 13.9. The molecule has 0 saturated carbocycles. The van der Waals surface area contributed by atoms with Crippen LogP contribution in [0.25, 0.3) is 0 Å². The van der Waals surface area contributed by atoms with Gasteiger partial charge in [-0.2, -0.15) is 0 Å². The predicted molar refractivity (Wildman–Crippen MR) is 83.6 cm³/mol. The Balaban J connectivity index is 1.78. The molecule has 3 heteroatoms. The smallest absolute Gasteiger partial charge is 0.120 e. The van der Waals surface area contributed by atoms with Gasteiger partial charge in [0, 0.05) is 24.1 Å². The molecule has 1 heterocycles. The Labute approximate surface area is 126 Å². The van der Waals surface area contributed by atoms with E-state index in [4.69, 9.17) is 4.42 Å². The van der Waals surface area contributed by atoms with E-state index in [-0.39, 0.29) is 6.04 Å². The molecule has 0 amide bonds. The van der Waals surface area contributed by atoms with Crippen LogP contribution in [0.3, 0.4) is 0 Å². The quantitative estimate of drug-likeness (QED) is 0.890. The standard InChI is InChI=1S/C18H23NO2/c1-11-6-7-16(20)18-15(9-12(2)17(11)18)19-13(3)10-14-5-4-8-21-14/h4-8,12-13,15,19-20H,9-10H2,1-3H3. The third-order valence-electron chi connectivity index (χ3n) is 4.49. The normalized spacial score (nSPS) is 22.2. The number of phenols is 1. The van der Waals surface area contributed by atoms with Crippen LogP contribution in [0.5, 0.6) is 5.75 Å². The molecule has 1 aromatic carbocycles. The van der Waals surface area contributed by atoms with Crippen molar-refractivity contribution in [3.63, 3.8) is 0 Å². The van der Waals surface area contributed by atoms with Gasteiger partial charge in [-0.05, 0) is 55.5 Å². The van der Waals surface area contributed by atoms with Gasteiger partial charge in [0.1, 0.15) is 11.5 Å². The van der Waals surface area contributed by atoms with Crippen molar-refractivity contribution in [2.45, 2.75) is 51.6 Å². The fourth-order valence-electron chi connectivity index (χ4n) is 3.63. The summed E-state index contributed by atoms with van der Waals surface area (Å²) in [5.74, 6) is 1.90. The van der Waals surface area contributed by atoms with Gasteiger partial charge in [0.25, 0.3) is 0 Å². The molecule has 3 rings (SSSR count). The molecule has 1 aliphatic rings. The lowest BCUT2D eigenvalue weighted by Gasteiger charge is -2.20. The summed E-state index contributed by atoms with van der Waals surface area (Å²) in [4.78, 5) is 0. The fraction of sp³-hybridized carbons (Fsp3) is 0.444. The average molecular weight is 285 g/mol. The minimum Gasteiger partial charge on any atom is -0.508 e. The Bertz CT molecular complexity index is 618. The maximum Gasteiger partial charge on any atom is 0.120 e. The monoisotopic (exact) mass is 285 g/mol. The molecule has 0 aliphatic heterocycles. The summed E-state index contributed by atoms with van der Waals surface area (Å²) < 4.78 is 5.41. The van der Waals surface area contributed by atoms with Crippen molar-refractivity contribution in [1.29, 1.82) is 0 Å². The largest absolute Gasteiger partial charge is 0.508 e. The van der Waals surface area contributed by atoms with Crippen LogP contribution in [0.1, 0.15) is 54.7 Å².